The minimum Gasteiger partial charge on any atom is -0.322 e. The van der Waals surface area contributed by atoms with E-state index in [4.69, 9.17) is 34.8 Å². The fourth-order valence-corrected chi connectivity index (χ4v) is 3.37. The van der Waals surface area contributed by atoms with Crippen LogP contribution in [0.25, 0.3) is 17.0 Å². The van der Waals surface area contributed by atoms with Gasteiger partial charge in [-0.05, 0) is 48.5 Å². The second-order valence-corrected chi connectivity index (χ2v) is 7.07. The van der Waals surface area contributed by atoms with Gasteiger partial charge in [-0.3, -0.25) is 9.20 Å². The van der Waals surface area contributed by atoms with Crippen molar-refractivity contribution in [1.29, 1.82) is 0 Å². The number of halogens is 4. The largest absolute Gasteiger partial charge is 0.322 e. The van der Waals surface area contributed by atoms with Gasteiger partial charge in [-0.1, -0.05) is 34.8 Å². The number of carbonyl (C=O) groups is 1. The zero-order chi connectivity index (χ0) is 19.8. The van der Waals surface area contributed by atoms with Crippen molar-refractivity contribution in [3.8, 4) is 11.4 Å². The van der Waals surface area contributed by atoms with Crippen molar-refractivity contribution >= 4 is 52.0 Å². The third-order valence-corrected chi connectivity index (χ3v) is 4.97. The van der Waals surface area contributed by atoms with E-state index in [1.54, 1.807) is 40.9 Å². The maximum atomic E-state index is 13.2. The molecule has 0 atom stereocenters. The maximum Gasteiger partial charge on any atom is 0.257 e. The minimum absolute atomic E-state index is 0.0183. The van der Waals surface area contributed by atoms with Gasteiger partial charge in [0.25, 0.3) is 5.91 Å². The van der Waals surface area contributed by atoms with Crippen LogP contribution in [0, 0.1) is 5.82 Å². The summed E-state index contributed by atoms with van der Waals surface area (Å²) in [5.41, 5.74) is 1.66. The van der Waals surface area contributed by atoms with Crippen LogP contribution in [0.5, 0.6) is 0 Å². The van der Waals surface area contributed by atoms with Crippen LogP contribution >= 0.6 is 34.8 Å². The molecule has 0 fully saturated rings. The zero-order valence-electron chi connectivity index (χ0n) is 14.0. The lowest BCUT2D eigenvalue weighted by Gasteiger charge is -2.10. The Labute approximate surface area is 173 Å². The van der Waals surface area contributed by atoms with Crippen molar-refractivity contribution in [1.82, 2.24) is 14.6 Å². The van der Waals surface area contributed by atoms with Crippen LogP contribution in [0.4, 0.5) is 10.1 Å². The highest BCUT2D eigenvalue weighted by Gasteiger charge is 2.16. The molecule has 1 N–H and O–H groups in total. The monoisotopic (exact) mass is 434 g/mol. The van der Waals surface area contributed by atoms with Gasteiger partial charge in [0.05, 0.1) is 20.6 Å². The number of nitrogens with zero attached hydrogens (tertiary/aromatic N) is 3. The molecule has 0 radical (unpaired) electrons. The molecule has 0 saturated heterocycles. The number of amides is 1. The molecular formula is C19H10Cl3FN4O. The lowest BCUT2D eigenvalue weighted by molar-refractivity contribution is 0.102. The number of benzene rings is 2. The van der Waals surface area contributed by atoms with E-state index in [9.17, 15) is 9.18 Å². The average Bonchev–Trinajstić information content (AvgIpc) is 3.08. The van der Waals surface area contributed by atoms with E-state index in [0.29, 0.717) is 32.8 Å². The molecular weight excluding hydrogens is 426 g/mol. The second kappa shape index (κ2) is 7.39. The van der Waals surface area contributed by atoms with E-state index < -0.39 is 11.7 Å². The summed E-state index contributed by atoms with van der Waals surface area (Å²) in [5, 5.41) is 11.8. The molecule has 4 aromatic rings. The average molecular weight is 436 g/mol. The number of fused-ring (bicyclic) bond motifs is 1. The molecule has 2 aromatic carbocycles. The minimum atomic E-state index is -0.521. The van der Waals surface area contributed by atoms with Gasteiger partial charge in [-0.25, -0.2) is 4.39 Å². The summed E-state index contributed by atoms with van der Waals surface area (Å²) < 4.78 is 14.9. The molecule has 9 heteroatoms. The Kier molecular flexibility index (Phi) is 4.93. The normalized spacial score (nSPS) is 11.0. The Morgan fingerprint density at radius 2 is 1.79 bits per heavy atom. The molecule has 2 heterocycles. The van der Waals surface area contributed by atoms with Crippen LogP contribution in [0.2, 0.25) is 15.1 Å². The quantitative estimate of drug-likeness (QED) is 0.446. The van der Waals surface area contributed by atoms with Gasteiger partial charge in [0.15, 0.2) is 11.5 Å². The van der Waals surface area contributed by atoms with E-state index in [1.165, 1.54) is 12.1 Å². The van der Waals surface area contributed by atoms with E-state index >= 15 is 0 Å². The van der Waals surface area contributed by atoms with E-state index in [0.717, 1.165) is 6.07 Å². The van der Waals surface area contributed by atoms with Crippen molar-refractivity contribution in [2.45, 2.75) is 0 Å². The molecule has 2 aromatic heterocycles. The number of nitrogens with one attached hydrogen (secondary N) is 1. The summed E-state index contributed by atoms with van der Waals surface area (Å²) in [6.07, 6.45) is 1.76. The SMILES string of the molecule is O=C(Nc1ccc(Cl)c(-c2nnc3c(Cl)cccn23)c1)c1ccc(F)cc1Cl. The first-order valence-electron chi connectivity index (χ1n) is 7.99. The number of aromatic nitrogens is 3. The number of anilines is 1. The van der Waals surface area contributed by atoms with E-state index in [1.807, 2.05) is 0 Å². The van der Waals surface area contributed by atoms with Crippen LogP contribution in [0.3, 0.4) is 0 Å². The molecule has 28 heavy (non-hydrogen) atoms. The number of rotatable bonds is 3. The first-order valence-corrected chi connectivity index (χ1v) is 9.13. The maximum absolute atomic E-state index is 13.2. The highest BCUT2D eigenvalue weighted by Crippen LogP contribution is 2.31. The third-order valence-electron chi connectivity index (χ3n) is 4.03. The number of hydrogen-bond acceptors (Lipinski definition) is 3. The Morgan fingerprint density at radius 3 is 2.57 bits per heavy atom. The fraction of sp³-hybridized carbons (Fsp3) is 0. The predicted octanol–water partition coefficient (Wildman–Crippen LogP) is 5.75. The van der Waals surface area contributed by atoms with Gasteiger partial charge in [0, 0.05) is 17.4 Å². The first kappa shape index (κ1) is 18.7. The molecule has 0 saturated carbocycles. The molecule has 0 bridgehead atoms. The van der Waals surface area contributed by atoms with Crippen molar-refractivity contribution in [2.24, 2.45) is 0 Å². The lowest BCUT2D eigenvalue weighted by Crippen LogP contribution is -2.12. The summed E-state index contributed by atoms with van der Waals surface area (Å²) in [6, 6.07) is 12.0. The standard InChI is InChI=1S/C19H10Cl3FN4O/c20-14-6-4-11(24-19(28)12-5-3-10(23)8-16(12)22)9-13(14)17-25-26-18-15(21)2-1-7-27(17)18/h1-9H,(H,24,28). The molecule has 0 spiro atoms. The first-order chi connectivity index (χ1) is 13.4. The molecule has 0 aliphatic heterocycles. The van der Waals surface area contributed by atoms with E-state index in [2.05, 4.69) is 15.5 Å². The van der Waals surface area contributed by atoms with Crippen molar-refractivity contribution in [3.05, 3.63) is 81.2 Å². The number of pyridine rings is 1. The number of hydrogen-bond donors (Lipinski definition) is 1. The fourth-order valence-electron chi connectivity index (χ4n) is 2.71. The van der Waals surface area contributed by atoms with Crippen LogP contribution in [-0.2, 0) is 0 Å². The molecule has 5 nitrogen and oxygen atoms in total. The zero-order valence-corrected chi connectivity index (χ0v) is 16.2. The van der Waals surface area contributed by atoms with Gasteiger partial charge < -0.3 is 5.32 Å². The molecule has 140 valence electrons. The predicted molar refractivity (Wildman–Crippen MR) is 108 cm³/mol. The van der Waals surface area contributed by atoms with Crippen LogP contribution in [-0.4, -0.2) is 20.5 Å². The molecule has 1 amide bonds. The smallest absolute Gasteiger partial charge is 0.257 e. The third kappa shape index (κ3) is 3.42. The van der Waals surface area contributed by atoms with Gasteiger partial charge in [-0.2, -0.15) is 0 Å². The highest BCUT2D eigenvalue weighted by atomic mass is 35.5. The Balaban J connectivity index is 1.71. The van der Waals surface area contributed by atoms with Gasteiger partial charge in [0.2, 0.25) is 0 Å². The van der Waals surface area contributed by atoms with Crippen molar-refractivity contribution in [2.75, 3.05) is 5.32 Å². The van der Waals surface area contributed by atoms with E-state index in [-0.39, 0.29) is 10.6 Å². The van der Waals surface area contributed by atoms with Crippen LogP contribution in [0.15, 0.2) is 54.7 Å². The van der Waals surface area contributed by atoms with Gasteiger partial charge in [0.1, 0.15) is 5.82 Å². The molecule has 4 rings (SSSR count). The Bertz CT molecular complexity index is 1230. The number of carbonyl (C=O) groups excluding carboxylic acids is 1. The van der Waals surface area contributed by atoms with Crippen molar-refractivity contribution in [3.63, 3.8) is 0 Å². The Hall–Kier alpha value is -2.67. The lowest BCUT2D eigenvalue weighted by atomic mass is 10.1. The molecule has 0 unspecified atom stereocenters. The van der Waals surface area contributed by atoms with Gasteiger partial charge in [-0.15, -0.1) is 10.2 Å². The molecule has 0 aliphatic carbocycles. The molecule has 0 aliphatic rings. The summed E-state index contributed by atoms with van der Waals surface area (Å²) in [4.78, 5) is 12.5. The summed E-state index contributed by atoms with van der Waals surface area (Å²) in [6.45, 7) is 0. The summed E-state index contributed by atoms with van der Waals surface area (Å²) >= 11 is 18.4. The van der Waals surface area contributed by atoms with Crippen molar-refractivity contribution < 1.29 is 9.18 Å². The van der Waals surface area contributed by atoms with Crippen LogP contribution in [0.1, 0.15) is 10.4 Å². The second-order valence-electron chi connectivity index (χ2n) is 5.85. The Morgan fingerprint density at radius 1 is 0.964 bits per heavy atom. The summed E-state index contributed by atoms with van der Waals surface area (Å²) in [7, 11) is 0. The van der Waals surface area contributed by atoms with Crippen LogP contribution < -0.4 is 5.32 Å². The topological polar surface area (TPSA) is 59.3 Å². The highest BCUT2D eigenvalue weighted by molar-refractivity contribution is 6.35. The van der Waals surface area contributed by atoms with Gasteiger partial charge >= 0.3 is 0 Å². The summed E-state index contributed by atoms with van der Waals surface area (Å²) in [5.74, 6) is -0.529.